The number of nitrogens with zero attached hydrogens (tertiary/aromatic N) is 2. The molecule has 3 rings (SSSR count). The highest BCUT2D eigenvalue weighted by Gasteiger charge is 2.30. The number of hydrogen-bond donors (Lipinski definition) is 0. The summed E-state index contributed by atoms with van der Waals surface area (Å²) in [6, 6.07) is 10.8. The molecular formula is C14H10ClF3N2. The van der Waals surface area contributed by atoms with E-state index in [1.54, 1.807) is 4.57 Å². The van der Waals surface area contributed by atoms with Crippen LogP contribution in [0, 0.1) is 0 Å². The van der Waals surface area contributed by atoms with E-state index in [4.69, 9.17) is 0 Å². The first-order valence-corrected chi connectivity index (χ1v) is 5.70. The molecule has 2 nitrogen and oxygen atoms in total. The molecule has 2 aromatic heterocycles. The summed E-state index contributed by atoms with van der Waals surface area (Å²) < 4.78 is 41.1. The zero-order valence-corrected chi connectivity index (χ0v) is 10.9. The number of imidazole rings is 1. The van der Waals surface area contributed by atoms with Gasteiger partial charge in [-0.05, 0) is 36.4 Å². The average molecular weight is 299 g/mol. The van der Waals surface area contributed by atoms with Crippen molar-refractivity contribution in [1.82, 2.24) is 4.40 Å². The van der Waals surface area contributed by atoms with Crippen LogP contribution in [0.3, 0.4) is 0 Å². The Morgan fingerprint density at radius 3 is 2.25 bits per heavy atom. The van der Waals surface area contributed by atoms with Crippen LogP contribution >= 0.6 is 0 Å². The minimum absolute atomic E-state index is 0. The number of hydrogen-bond acceptors (Lipinski definition) is 0. The number of pyridine rings is 1. The molecule has 0 amide bonds. The van der Waals surface area contributed by atoms with Gasteiger partial charge in [-0.25, -0.2) is 8.97 Å². The Labute approximate surface area is 119 Å². The Morgan fingerprint density at radius 2 is 1.65 bits per heavy atom. The molecule has 0 N–H and O–H groups in total. The van der Waals surface area contributed by atoms with Gasteiger partial charge in [-0.3, -0.25) is 0 Å². The summed E-state index contributed by atoms with van der Waals surface area (Å²) in [7, 11) is 0. The number of benzene rings is 1. The van der Waals surface area contributed by atoms with E-state index in [9.17, 15) is 13.2 Å². The van der Waals surface area contributed by atoms with Crippen LogP contribution in [0.5, 0.6) is 0 Å². The number of aromatic nitrogens is 2. The topological polar surface area (TPSA) is 8.29 Å². The van der Waals surface area contributed by atoms with Gasteiger partial charge in [-0.1, -0.05) is 6.07 Å². The molecule has 0 fully saturated rings. The summed E-state index contributed by atoms with van der Waals surface area (Å²) in [5.41, 5.74) is 1.03. The Morgan fingerprint density at radius 1 is 0.950 bits per heavy atom. The monoisotopic (exact) mass is 298 g/mol. The van der Waals surface area contributed by atoms with Crippen molar-refractivity contribution in [2.75, 3.05) is 0 Å². The normalized spacial score (nSPS) is 11.3. The van der Waals surface area contributed by atoms with Gasteiger partial charge in [0.25, 0.3) is 6.33 Å². The summed E-state index contributed by atoms with van der Waals surface area (Å²) in [5.74, 6) is 0. The number of alkyl halides is 3. The lowest BCUT2D eigenvalue weighted by Gasteiger charge is -2.05. The fourth-order valence-electron chi connectivity index (χ4n) is 1.96. The maximum atomic E-state index is 12.5. The first-order valence-electron chi connectivity index (χ1n) is 5.70. The molecule has 104 valence electrons. The number of fused-ring (bicyclic) bond motifs is 1. The molecule has 0 aliphatic heterocycles. The van der Waals surface area contributed by atoms with E-state index in [2.05, 4.69) is 0 Å². The fraction of sp³-hybridized carbons (Fsp3) is 0.0714. The van der Waals surface area contributed by atoms with Gasteiger partial charge in [-0.15, -0.1) is 0 Å². The Balaban J connectivity index is 0.00000147. The van der Waals surface area contributed by atoms with Gasteiger partial charge in [0.1, 0.15) is 11.9 Å². The lowest BCUT2D eigenvalue weighted by molar-refractivity contribution is -0.594. The second-order valence-electron chi connectivity index (χ2n) is 4.23. The molecule has 0 aliphatic rings. The molecule has 0 spiro atoms. The molecule has 0 saturated heterocycles. The van der Waals surface area contributed by atoms with E-state index in [0.717, 1.165) is 17.6 Å². The highest BCUT2D eigenvalue weighted by Crippen LogP contribution is 2.29. The zero-order chi connectivity index (χ0) is 13.5. The molecule has 3 aromatic rings. The predicted octanol–water partition coefficient (Wildman–Crippen LogP) is 0.239. The molecule has 0 unspecified atom stereocenters. The van der Waals surface area contributed by atoms with Gasteiger partial charge in [0.15, 0.2) is 5.52 Å². The molecule has 0 aliphatic carbocycles. The molecule has 6 heteroatoms. The van der Waals surface area contributed by atoms with Crippen LogP contribution in [0.4, 0.5) is 13.2 Å². The van der Waals surface area contributed by atoms with Crippen LogP contribution in [-0.4, -0.2) is 4.40 Å². The van der Waals surface area contributed by atoms with E-state index >= 15 is 0 Å². The van der Waals surface area contributed by atoms with Crippen LogP contribution in [0.1, 0.15) is 5.56 Å². The van der Waals surface area contributed by atoms with Crippen LogP contribution in [0.25, 0.3) is 11.2 Å². The van der Waals surface area contributed by atoms with Gasteiger partial charge in [0, 0.05) is 0 Å². The van der Waals surface area contributed by atoms with E-state index in [1.807, 2.05) is 41.3 Å². The van der Waals surface area contributed by atoms with Gasteiger partial charge >= 0.3 is 6.18 Å². The van der Waals surface area contributed by atoms with Crippen LogP contribution < -0.4 is 17.0 Å². The summed E-state index contributed by atoms with van der Waals surface area (Å²) in [6.07, 6.45) is 1.27. The first kappa shape index (κ1) is 14.4. The second kappa shape index (κ2) is 5.17. The number of rotatable bonds is 1. The predicted molar refractivity (Wildman–Crippen MR) is 63.9 cm³/mol. The summed E-state index contributed by atoms with van der Waals surface area (Å²) in [4.78, 5) is 0. The number of halogens is 4. The average Bonchev–Trinajstić information content (AvgIpc) is 2.81. The fourth-order valence-corrected chi connectivity index (χ4v) is 1.96. The van der Waals surface area contributed by atoms with Crippen molar-refractivity contribution in [3.05, 3.63) is 66.7 Å². The minimum Gasteiger partial charge on any atom is -1.00 e. The van der Waals surface area contributed by atoms with Crippen molar-refractivity contribution in [3.8, 4) is 5.69 Å². The van der Waals surface area contributed by atoms with Gasteiger partial charge < -0.3 is 12.4 Å². The Bertz CT molecular complexity index is 684. The van der Waals surface area contributed by atoms with Crippen molar-refractivity contribution >= 4 is 5.52 Å². The molecule has 1 aromatic carbocycles. The van der Waals surface area contributed by atoms with Crippen LogP contribution in [0.2, 0.25) is 0 Å². The third-order valence-corrected chi connectivity index (χ3v) is 2.94. The summed E-state index contributed by atoms with van der Waals surface area (Å²) in [6.45, 7) is 0. The van der Waals surface area contributed by atoms with E-state index in [1.165, 1.54) is 12.1 Å². The maximum Gasteiger partial charge on any atom is 0.416 e. The third kappa shape index (κ3) is 2.63. The van der Waals surface area contributed by atoms with Gasteiger partial charge in [0.2, 0.25) is 0 Å². The standard InChI is InChI=1S/C14H10F3N2.ClH/c15-14(16,17)11-4-6-12(7-5-11)19-9-13-3-1-2-8-18(13)10-19;/h1-10H;1H/q+1;/p-1. The van der Waals surface area contributed by atoms with Crippen LogP contribution in [-0.2, 0) is 6.18 Å². The van der Waals surface area contributed by atoms with E-state index < -0.39 is 11.7 Å². The molecule has 0 atom stereocenters. The molecule has 0 radical (unpaired) electrons. The van der Waals surface area contributed by atoms with Crippen LogP contribution in [0.15, 0.2) is 61.2 Å². The second-order valence-corrected chi connectivity index (χ2v) is 4.23. The zero-order valence-electron chi connectivity index (χ0n) is 10.2. The smallest absolute Gasteiger partial charge is 0.416 e. The first-order chi connectivity index (χ1) is 9.04. The van der Waals surface area contributed by atoms with E-state index in [-0.39, 0.29) is 12.4 Å². The molecular weight excluding hydrogens is 289 g/mol. The highest BCUT2D eigenvalue weighted by molar-refractivity contribution is 5.42. The lowest BCUT2D eigenvalue weighted by atomic mass is 10.2. The SMILES string of the molecule is FC(F)(F)c1ccc(-[n+]2cc3ccccn3c2)cc1.[Cl-]. The summed E-state index contributed by atoms with van der Waals surface area (Å²) in [5, 5.41) is 0. The van der Waals surface area contributed by atoms with Gasteiger partial charge in [0.05, 0.1) is 11.8 Å². The van der Waals surface area contributed by atoms with Gasteiger partial charge in [-0.2, -0.15) is 13.2 Å². The summed E-state index contributed by atoms with van der Waals surface area (Å²) >= 11 is 0. The molecule has 20 heavy (non-hydrogen) atoms. The van der Waals surface area contributed by atoms with E-state index in [0.29, 0.717) is 5.69 Å². The molecule has 0 bridgehead atoms. The van der Waals surface area contributed by atoms with Crippen molar-refractivity contribution in [2.45, 2.75) is 6.18 Å². The Hall–Kier alpha value is -2.01. The third-order valence-electron chi connectivity index (χ3n) is 2.94. The lowest BCUT2D eigenvalue weighted by Crippen LogP contribution is -3.00. The quantitative estimate of drug-likeness (QED) is 0.569. The van der Waals surface area contributed by atoms with Crippen molar-refractivity contribution in [2.24, 2.45) is 0 Å². The Kier molecular flexibility index (Phi) is 3.72. The molecule has 0 saturated carbocycles. The van der Waals surface area contributed by atoms with Crippen molar-refractivity contribution in [3.63, 3.8) is 0 Å². The largest absolute Gasteiger partial charge is 1.00 e. The maximum absolute atomic E-state index is 12.5. The minimum atomic E-state index is -4.30. The van der Waals surface area contributed by atoms with Crippen molar-refractivity contribution < 1.29 is 30.1 Å². The highest BCUT2D eigenvalue weighted by atomic mass is 35.5. The molecule has 2 heterocycles. The van der Waals surface area contributed by atoms with Crippen molar-refractivity contribution in [1.29, 1.82) is 0 Å².